The highest BCUT2D eigenvalue weighted by Crippen LogP contribution is 2.60. The molecule has 176 valence electrons. The molecule has 0 aliphatic heterocycles. The minimum absolute atomic E-state index is 0.0525. The smallest absolute Gasteiger partial charge is 0.234 e. The van der Waals surface area contributed by atoms with Crippen LogP contribution >= 0.6 is 11.8 Å². The van der Waals surface area contributed by atoms with Crippen LogP contribution in [-0.2, 0) is 10.2 Å². The largest absolute Gasteiger partial charge is 0.497 e. The molecule has 2 aromatic carbocycles. The number of rotatable bonds is 7. The number of aromatic nitrogens is 3. The van der Waals surface area contributed by atoms with Gasteiger partial charge in [0.05, 0.1) is 12.9 Å². The van der Waals surface area contributed by atoms with Crippen LogP contribution in [0.1, 0.15) is 44.1 Å². The van der Waals surface area contributed by atoms with Crippen molar-refractivity contribution >= 4 is 23.4 Å². The fourth-order valence-corrected chi connectivity index (χ4v) is 7.49. The van der Waals surface area contributed by atoms with E-state index in [0.717, 1.165) is 34.8 Å². The fourth-order valence-electron chi connectivity index (χ4n) is 6.89. The van der Waals surface area contributed by atoms with Gasteiger partial charge in [0.1, 0.15) is 5.75 Å². The van der Waals surface area contributed by atoms with Gasteiger partial charge in [0, 0.05) is 11.3 Å². The minimum atomic E-state index is -0.0525. The summed E-state index contributed by atoms with van der Waals surface area (Å²) in [5, 5.41) is 10.7. The predicted octanol–water partition coefficient (Wildman–Crippen LogP) is 5.68. The van der Waals surface area contributed by atoms with Gasteiger partial charge in [0.2, 0.25) is 11.1 Å². The highest BCUT2D eigenvalue weighted by Gasteiger charge is 2.51. The van der Waals surface area contributed by atoms with E-state index in [2.05, 4.69) is 44.8 Å². The number of hydrogen-bond acceptors (Lipinski definition) is 5. The van der Waals surface area contributed by atoms with Crippen molar-refractivity contribution in [1.82, 2.24) is 15.2 Å². The van der Waals surface area contributed by atoms with E-state index in [0.29, 0.717) is 16.4 Å². The van der Waals surface area contributed by atoms with Gasteiger partial charge < -0.3 is 10.1 Å². The molecule has 3 aromatic rings. The number of amides is 1. The maximum Gasteiger partial charge on any atom is 0.234 e. The molecule has 1 amide bonds. The zero-order chi connectivity index (χ0) is 23.1. The first kappa shape index (κ1) is 21.7. The van der Waals surface area contributed by atoms with Crippen molar-refractivity contribution in [2.45, 2.75) is 49.1 Å². The standard InChI is InChI=1S/C27H30N4O2S/c1-33-23-8-2-20(3-9-23)25-29-26(31-30-25)34-16-24(32)28-22-6-4-21(5-7-22)27-13-17-10-18(14-27)12-19(11-17)15-27/h2-9,17-19H,10-16H2,1H3,(H,28,32)(H,29,30,31). The van der Waals surface area contributed by atoms with E-state index in [4.69, 9.17) is 4.74 Å². The van der Waals surface area contributed by atoms with Crippen molar-refractivity contribution in [3.05, 3.63) is 54.1 Å². The highest BCUT2D eigenvalue weighted by molar-refractivity contribution is 7.99. The van der Waals surface area contributed by atoms with E-state index < -0.39 is 0 Å². The first-order valence-electron chi connectivity index (χ1n) is 12.2. The molecule has 4 aliphatic rings. The molecule has 0 saturated heterocycles. The molecule has 2 N–H and O–H groups in total. The lowest BCUT2D eigenvalue weighted by Gasteiger charge is -2.57. The third-order valence-electron chi connectivity index (χ3n) is 7.98. The first-order chi connectivity index (χ1) is 16.6. The number of nitrogens with zero attached hydrogens (tertiary/aromatic N) is 2. The molecule has 34 heavy (non-hydrogen) atoms. The van der Waals surface area contributed by atoms with Crippen molar-refractivity contribution in [2.24, 2.45) is 17.8 Å². The summed E-state index contributed by atoms with van der Waals surface area (Å²) in [5.41, 5.74) is 3.64. The Labute approximate surface area is 204 Å². The fraction of sp³-hybridized carbons (Fsp3) is 0.444. The Morgan fingerprint density at radius 2 is 1.68 bits per heavy atom. The van der Waals surface area contributed by atoms with Gasteiger partial charge in [-0.2, -0.15) is 0 Å². The lowest BCUT2D eigenvalue weighted by atomic mass is 9.48. The van der Waals surface area contributed by atoms with Crippen LogP contribution in [0.25, 0.3) is 11.4 Å². The number of methoxy groups -OCH3 is 1. The predicted molar refractivity (Wildman–Crippen MR) is 134 cm³/mol. The number of ether oxygens (including phenoxy) is 1. The van der Waals surface area contributed by atoms with Gasteiger partial charge in [0.25, 0.3) is 0 Å². The highest BCUT2D eigenvalue weighted by atomic mass is 32.2. The number of carbonyl (C=O) groups is 1. The van der Waals surface area contributed by atoms with Gasteiger partial charge in [0.15, 0.2) is 5.82 Å². The molecule has 7 rings (SSSR count). The van der Waals surface area contributed by atoms with Crippen LogP contribution in [0.4, 0.5) is 5.69 Å². The van der Waals surface area contributed by atoms with E-state index >= 15 is 0 Å². The maximum absolute atomic E-state index is 12.5. The summed E-state index contributed by atoms with van der Waals surface area (Å²) in [6, 6.07) is 16.3. The van der Waals surface area contributed by atoms with E-state index in [1.54, 1.807) is 7.11 Å². The zero-order valence-electron chi connectivity index (χ0n) is 19.4. The number of hydrogen-bond donors (Lipinski definition) is 2. The second kappa shape index (κ2) is 8.77. The molecule has 4 bridgehead atoms. The Morgan fingerprint density at radius 3 is 2.29 bits per heavy atom. The molecule has 6 nitrogen and oxygen atoms in total. The van der Waals surface area contributed by atoms with Crippen LogP contribution in [0, 0.1) is 17.8 Å². The summed E-state index contributed by atoms with van der Waals surface area (Å²) in [6.45, 7) is 0. The second-order valence-electron chi connectivity index (χ2n) is 10.3. The third-order valence-corrected chi connectivity index (χ3v) is 8.83. The third kappa shape index (κ3) is 4.22. The van der Waals surface area contributed by atoms with Gasteiger partial charge in [-0.1, -0.05) is 23.9 Å². The van der Waals surface area contributed by atoms with Crippen molar-refractivity contribution in [3.63, 3.8) is 0 Å². The van der Waals surface area contributed by atoms with Gasteiger partial charge in [-0.15, -0.1) is 5.10 Å². The van der Waals surface area contributed by atoms with Gasteiger partial charge >= 0.3 is 0 Å². The van der Waals surface area contributed by atoms with Crippen molar-refractivity contribution in [2.75, 3.05) is 18.2 Å². The zero-order valence-corrected chi connectivity index (χ0v) is 20.2. The molecular formula is C27H30N4O2S. The van der Waals surface area contributed by atoms with E-state index in [1.165, 1.54) is 55.9 Å². The molecule has 0 unspecified atom stereocenters. The topological polar surface area (TPSA) is 79.9 Å². The Morgan fingerprint density at radius 1 is 1.03 bits per heavy atom. The summed E-state index contributed by atoms with van der Waals surface area (Å²) in [5.74, 6) is 4.47. The number of anilines is 1. The maximum atomic E-state index is 12.5. The number of aromatic amines is 1. The molecule has 7 heteroatoms. The molecule has 4 aliphatic carbocycles. The van der Waals surface area contributed by atoms with Crippen LogP contribution in [-0.4, -0.2) is 34.0 Å². The summed E-state index contributed by atoms with van der Waals surface area (Å²) in [7, 11) is 1.64. The number of thioether (sulfide) groups is 1. The molecule has 1 aromatic heterocycles. The van der Waals surface area contributed by atoms with E-state index in [1.807, 2.05) is 24.3 Å². The number of nitrogens with one attached hydrogen (secondary N) is 2. The molecular weight excluding hydrogens is 444 g/mol. The van der Waals surface area contributed by atoms with Crippen molar-refractivity contribution in [1.29, 1.82) is 0 Å². The normalized spacial score (nSPS) is 27.0. The summed E-state index contributed by atoms with van der Waals surface area (Å²) in [6.07, 6.45) is 8.44. The van der Waals surface area contributed by atoms with E-state index in [-0.39, 0.29) is 11.7 Å². The molecule has 0 atom stereocenters. The van der Waals surface area contributed by atoms with Crippen LogP contribution in [0.2, 0.25) is 0 Å². The van der Waals surface area contributed by atoms with Gasteiger partial charge in [-0.05, 0) is 104 Å². The SMILES string of the molecule is COc1ccc(-c2nc(SCC(=O)Nc3ccc(C45CC6CC(CC(C6)C4)C5)cc3)n[nH]2)cc1. The van der Waals surface area contributed by atoms with Gasteiger partial charge in [-0.3, -0.25) is 9.89 Å². The van der Waals surface area contributed by atoms with Crippen LogP contribution in [0.15, 0.2) is 53.7 Å². The monoisotopic (exact) mass is 474 g/mol. The van der Waals surface area contributed by atoms with Crippen LogP contribution < -0.4 is 10.1 Å². The Hall–Kier alpha value is -2.80. The Balaban J connectivity index is 1.04. The number of carbonyl (C=O) groups excluding carboxylic acids is 1. The van der Waals surface area contributed by atoms with Crippen molar-refractivity contribution < 1.29 is 9.53 Å². The first-order valence-corrected chi connectivity index (χ1v) is 13.2. The average molecular weight is 475 g/mol. The molecule has 4 fully saturated rings. The molecule has 4 saturated carbocycles. The molecule has 0 spiro atoms. The number of benzene rings is 2. The van der Waals surface area contributed by atoms with Crippen LogP contribution in [0.3, 0.4) is 0 Å². The molecule has 0 radical (unpaired) electrons. The lowest BCUT2D eigenvalue weighted by Crippen LogP contribution is -2.48. The van der Waals surface area contributed by atoms with Crippen LogP contribution in [0.5, 0.6) is 5.75 Å². The Kier molecular flexibility index (Phi) is 5.60. The number of H-pyrrole nitrogens is 1. The Bertz CT molecular complexity index is 1140. The summed E-state index contributed by atoms with van der Waals surface area (Å²) < 4.78 is 5.19. The van der Waals surface area contributed by atoms with Crippen molar-refractivity contribution in [3.8, 4) is 17.1 Å². The average Bonchev–Trinajstić information content (AvgIpc) is 3.32. The summed E-state index contributed by atoms with van der Waals surface area (Å²) >= 11 is 1.32. The van der Waals surface area contributed by atoms with Gasteiger partial charge in [-0.25, -0.2) is 4.98 Å². The second-order valence-corrected chi connectivity index (χ2v) is 11.2. The molecule has 1 heterocycles. The van der Waals surface area contributed by atoms with E-state index in [9.17, 15) is 4.79 Å². The minimum Gasteiger partial charge on any atom is -0.497 e. The lowest BCUT2D eigenvalue weighted by molar-refractivity contribution is -0.113. The summed E-state index contributed by atoms with van der Waals surface area (Å²) in [4.78, 5) is 17.0. The quantitative estimate of drug-likeness (QED) is 0.431.